The largest absolute Gasteiger partial charge is 0.475 e. The van der Waals surface area contributed by atoms with E-state index in [0.29, 0.717) is 0 Å². The van der Waals surface area contributed by atoms with Gasteiger partial charge in [0.25, 0.3) is 0 Å². The number of carboxylic acid groups (broad SMARTS) is 1. The number of nitrogens with one attached hydrogen (secondary N) is 1. The first-order chi connectivity index (χ1) is 12.1. The van der Waals surface area contributed by atoms with Crippen LogP contribution < -0.4 is 4.72 Å². The summed E-state index contributed by atoms with van der Waals surface area (Å²) in [5, 5.41) is 39.0. The summed E-state index contributed by atoms with van der Waals surface area (Å²) in [7, 11) is -4.71. The van der Waals surface area contributed by atoms with Gasteiger partial charge < -0.3 is 39.4 Å². The summed E-state index contributed by atoms with van der Waals surface area (Å²) in [6, 6.07) is -1.44. The van der Waals surface area contributed by atoms with Gasteiger partial charge in [0, 0.05) is 0 Å². The van der Waals surface area contributed by atoms with Crippen LogP contribution in [0.2, 0.25) is 0 Å². The molecule has 0 radical (unpaired) electrons. The molecule has 0 aliphatic carbocycles. The molecule has 3 aliphatic heterocycles. The van der Waals surface area contributed by atoms with Crippen molar-refractivity contribution >= 4 is 16.3 Å². The summed E-state index contributed by atoms with van der Waals surface area (Å²) in [6.45, 7) is -0.108. The lowest BCUT2D eigenvalue weighted by molar-refractivity contribution is -0.274. The minimum absolute atomic E-state index is 0.108. The molecule has 14 heteroatoms. The molecule has 2 bridgehead atoms. The van der Waals surface area contributed by atoms with Crippen molar-refractivity contribution in [3.8, 4) is 0 Å². The first kappa shape index (κ1) is 19.4. The summed E-state index contributed by atoms with van der Waals surface area (Å²) in [5.41, 5.74) is 0. The number of carboxylic acids is 1. The molecule has 2 saturated heterocycles. The van der Waals surface area contributed by atoms with Crippen LogP contribution in [0.1, 0.15) is 0 Å². The van der Waals surface area contributed by atoms with Gasteiger partial charge in [-0.05, 0) is 6.08 Å². The van der Waals surface area contributed by atoms with Gasteiger partial charge in [-0.3, -0.25) is 4.55 Å². The number of aliphatic hydroxyl groups excluding tert-OH is 3. The smallest absolute Gasteiger partial charge is 0.371 e. The Labute approximate surface area is 146 Å². The number of hydrogen-bond donors (Lipinski definition) is 6. The average Bonchev–Trinajstić information content (AvgIpc) is 2.97. The highest BCUT2D eigenvalue weighted by Crippen LogP contribution is 2.32. The average molecular weight is 399 g/mol. The second-order valence-corrected chi connectivity index (χ2v) is 7.08. The van der Waals surface area contributed by atoms with E-state index in [1.54, 1.807) is 4.72 Å². The summed E-state index contributed by atoms with van der Waals surface area (Å²) in [4.78, 5) is 11.0. The van der Waals surface area contributed by atoms with Crippen molar-refractivity contribution in [3.05, 3.63) is 11.8 Å². The Balaban J connectivity index is 1.78. The molecule has 0 amide bonds. The van der Waals surface area contributed by atoms with Gasteiger partial charge in [-0.15, -0.1) is 0 Å². The first-order valence-corrected chi connectivity index (χ1v) is 8.84. The molecule has 148 valence electrons. The zero-order valence-corrected chi connectivity index (χ0v) is 13.7. The van der Waals surface area contributed by atoms with Crippen molar-refractivity contribution < 1.29 is 57.1 Å². The predicted octanol–water partition coefficient (Wildman–Crippen LogP) is -3.70. The second-order valence-electron chi connectivity index (χ2n) is 5.89. The van der Waals surface area contributed by atoms with Crippen molar-refractivity contribution in [2.75, 3.05) is 6.61 Å². The monoisotopic (exact) mass is 399 g/mol. The molecule has 2 fully saturated rings. The summed E-state index contributed by atoms with van der Waals surface area (Å²) >= 11 is 0. The summed E-state index contributed by atoms with van der Waals surface area (Å²) in [5.74, 6) is -2.19. The van der Waals surface area contributed by atoms with Crippen LogP contribution in [-0.2, 0) is 34.0 Å². The summed E-state index contributed by atoms with van der Waals surface area (Å²) < 4.78 is 53.6. The van der Waals surface area contributed by atoms with E-state index in [1.807, 2.05) is 0 Å². The number of hydrogen-bond acceptors (Lipinski definition) is 10. The fraction of sp³-hybridized carbons (Fsp3) is 0.750. The lowest BCUT2D eigenvalue weighted by Gasteiger charge is -2.40. The summed E-state index contributed by atoms with van der Waals surface area (Å²) in [6.07, 6.45) is -9.20. The first-order valence-electron chi connectivity index (χ1n) is 7.40. The molecule has 0 spiro atoms. The van der Waals surface area contributed by atoms with E-state index in [2.05, 4.69) is 0 Å². The molecule has 8 atom stereocenters. The lowest BCUT2D eigenvalue weighted by Crippen LogP contribution is -2.62. The predicted molar refractivity (Wildman–Crippen MR) is 76.6 cm³/mol. The number of fused-ring (bicyclic) bond motifs is 2. The van der Waals surface area contributed by atoms with E-state index in [4.69, 9.17) is 28.6 Å². The molecular formula is C12H17NO12S. The van der Waals surface area contributed by atoms with Crippen LogP contribution in [-0.4, -0.2) is 95.1 Å². The lowest BCUT2D eigenvalue weighted by atomic mass is 9.99. The molecule has 0 aromatic rings. The number of carbonyl (C=O) groups is 1. The molecule has 2 unspecified atom stereocenters. The van der Waals surface area contributed by atoms with Crippen LogP contribution in [0.25, 0.3) is 0 Å². The van der Waals surface area contributed by atoms with Crippen molar-refractivity contribution in [1.82, 2.24) is 4.72 Å². The van der Waals surface area contributed by atoms with Crippen LogP contribution >= 0.6 is 0 Å². The standard InChI is InChI=1S/C12H17NO12S/c14-3-1-4(10(17)18)23-12(7(3)15)25-9-5-2-22-11(24-5)6(8(9)16)13-26(19,20)21/h1,3,5-9,11-16H,2H2,(H,17,18)(H,19,20,21)/t3-,5+,6?,7+,8+,9?,11+,12-/m0/s1. The molecular weight excluding hydrogens is 382 g/mol. The van der Waals surface area contributed by atoms with E-state index in [-0.39, 0.29) is 6.61 Å². The van der Waals surface area contributed by atoms with Crippen molar-refractivity contribution in [3.63, 3.8) is 0 Å². The third kappa shape index (κ3) is 3.83. The van der Waals surface area contributed by atoms with E-state index < -0.39 is 71.2 Å². The van der Waals surface area contributed by atoms with E-state index in [1.165, 1.54) is 0 Å². The Bertz CT molecular complexity index is 694. The quantitative estimate of drug-likeness (QED) is 0.247. The molecule has 6 N–H and O–H groups in total. The molecule has 13 nitrogen and oxygen atoms in total. The Kier molecular flexibility index (Phi) is 5.22. The minimum atomic E-state index is -4.71. The molecule has 3 heterocycles. The second kappa shape index (κ2) is 6.99. The van der Waals surface area contributed by atoms with Crippen molar-refractivity contribution in [2.45, 2.75) is 49.1 Å². The van der Waals surface area contributed by atoms with Gasteiger partial charge in [-0.1, -0.05) is 0 Å². The molecule has 3 aliphatic rings. The van der Waals surface area contributed by atoms with Gasteiger partial charge in [-0.2, -0.15) is 13.1 Å². The van der Waals surface area contributed by atoms with Gasteiger partial charge in [0.2, 0.25) is 12.0 Å². The molecule has 0 saturated carbocycles. The fourth-order valence-corrected chi connectivity index (χ4v) is 3.48. The normalized spacial score (nSPS) is 42.8. The molecule has 3 rings (SSSR count). The molecule has 0 aromatic carbocycles. The Hall–Kier alpha value is -1.36. The van der Waals surface area contributed by atoms with Gasteiger partial charge in [0.15, 0.2) is 6.29 Å². The minimum Gasteiger partial charge on any atom is -0.475 e. The van der Waals surface area contributed by atoms with E-state index >= 15 is 0 Å². The number of rotatable bonds is 5. The van der Waals surface area contributed by atoms with E-state index in [9.17, 15) is 28.5 Å². The zero-order valence-electron chi connectivity index (χ0n) is 12.9. The maximum atomic E-state index is 11.0. The van der Waals surface area contributed by atoms with Crippen molar-refractivity contribution in [2.24, 2.45) is 0 Å². The number of aliphatic hydroxyl groups is 3. The third-order valence-corrected chi connectivity index (χ3v) is 4.65. The van der Waals surface area contributed by atoms with Crippen LogP contribution in [0.4, 0.5) is 0 Å². The van der Waals surface area contributed by atoms with Gasteiger partial charge in [0.1, 0.15) is 36.6 Å². The van der Waals surface area contributed by atoms with Crippen LogP contribution in [0.5, 0.6) is 0 Å². The Morgan fingerprint density at radius 1 is 1.27 bits per heavy atom. The Morgan fingerprint density at radius 2 is 1.96 bits per heavy atom. The number of ether oxygens (including phenoxy) is 4. The SMILES string of the molecule is O=C(O)C1=C[C@H](O)[C@@H](O)[C@H](OC2[C@H](O)C(NS(=O)(=O)O)[C@@H]3OC[C@H]2O3)O1. The van der Waals surface area contributed by atoms with Gasteiger partial charge >= 0.3 is 16.3 Å². The van der Waals surface area contributed by atoms with Crippen LogP contribution in [0.15, 0.2) is 11.8 Å². The van der Waals surface area contributed by atoms with Gasteiger partial charge in [-0.25, -0.2) is 4.79 Å². The topological polar surface area (TPSA) is 201 Å². The van der Waals surface area contributed by atoms with Gasteiger partial charge in [0.05, 0.1) is 6.61 Å². The maximum absolute atomic E-state index is 11.0. The highest BCUT2D eigenvalue weighted by Gasteiger charge is 2.53. The molecule has 26 heavy (non-hydrogen) atoms. The number of aliphatic carboxylic acids is 1. The van der Waals surface area contributed by atoms with E-state index in [0.717, 1.165) is 6.08 Å². The highest BCUT2D eigenvalue weighted by atomic mass is 32.2. The van der Waals surface area contributed by atoms with Crippen LogP contribution in [0, 0.1) is 0 Å². The zero-order chi connectivity index (χ0) is 19.2. The fourth-order valence-electron chi connectivity index (χ4n) is 2.89. The molecule has 0 aromatic heterocycles. The highest BCUT2D eigenvalue weighted by molar-refractivity contribution is 7.83. The van der Waals surface area contributed by atoms with Crippen molar-refractivity contribution in [1.29, 1.82) is 0 Å². The third-order valence-electron chi connectivity index (χ3n) is 4.08. The Morgan fingerprint density at radius 3 is 2.58 bits per heavy atom. The van der Waals surface area contributed by atoms with Crippen LogP contribution in [0.3, 0.4) is 0 Å². The maximum Gasteiger partial charge on any atom is 0.371 e.